The molecule has 0 aromatic carbocycles. The molecule has 0 unspecified atom stereocenters. The Bertz CT molecular complexity index is 375. The van der Waals surface area contributed by atoms with Crippen molar-refractivity contribution in [2.75, 3.05) is 19.6 Å². The Morgan fingerprint density at radius 3 is 3.12 bits per heavy atom. The van der Waals surface area contributed by atoms with Crippen LogP contribution < -0.4 is 0 Å². The van der Waals surface area contributed by atoms with E-state index in [9.17, 15) is 4.79 Å². The summed E-state index contributed by atoms with van der Waals surface area (Å²) in [4.78, 5) is 12.6. The van der Waals surface area contributed by atoms with Crippen molar-refractivity contribution in [3.8, 4) is 0 Å². The molecule has 1 N–H and O–H groups in total. The molecule has 2 rings (SSSR count). The fourth-order valence-electron chi connectivity index (χ4n) is 2.28. The molecule has 0 radical (unpaired) electrons. The largest absolute Gasteiger partial charge is 0.480 e. The SMILES string of the molecule is Cn1ccc([C@@H]2CCCN(CC(=O)O)C2)n1. The summed E-state index contributed by atoms with van der Waals surface area (Å²) in [5.74, 6) is -0.365. The van der Waals surface area contributed by atoms with Crippen LogP contribution in [0.3, 0.4) is 0 Å². The van der Waals surface area contributed by atoms with Crippen LogP contribution in [0.2, 0.25) is 0 Å². The second-order valence-corrected chi connectivity index (χ2v) is 4.38. The van der Waals surface area contributed by atoms with Crippen LogP contribution in [0.25, 0.3) is 0 Å². The van der Waals surface area contributed by atoms with E-state index in [0.29, 0.717) is 5.92 Å². The van der Waals surface area contributed by atoms with Gasteiger partial charge in [0, 0.05) is 25.7 Å². The zero-order valence-electron chi connectivity index (χ0n) is 9.46. The molecule has 1 aliphatic rings. The van der Waals surface area contributed by atoms with Gasteiger partial charge in [0.25, 0.3) is 0 Å². The molecule has 0 aliphatic carbocycles. The number of hydrogen-bond donors (Lipinski definition) is 1. The molecule has 0 spiro atoms. The molecular formula is C11H17N3O2. The summed E-state index contributed by atoms with van der Waals surface area (Å²) in [6.07, 6.45) is 4.09. The fraction of sp³-hybridized carbons (Fsp3) is 0.636. The molecule has 1 aliphatic heterocycles. The first-order chi connectivity index (χ1) is 7.65. The van der Waals surface area contributed by atoms with Gasteiger partial charge in [-0.25, -0.2) is 0 Å². The van der Waals surface area contributed by atoms with Crippen molar-refractivity contribution in [2.24, 2.45) is 7.05 Å². The van der Waals surface area contributed by atoms with E-state index in [0.717, 1.165) is 31.6 Å². The van der Waals surface area contributed by atoms with Crippen molar-refractivity contribution in [2.45, 2.75) is 18.8 Å². The van der Waals surface area contributed by atoms with Crippen LogP contribution in [0.4, 0.5) is 0 Å². The van der Waals surface area contributed by atoms with Crippen LogP contribution in [0.1, 0.15) is 24.5 Å². The zero-order chi connectivity index (χ0) is 11.5. The van der Waals surface area contributed by atoms with Gasteiger partial charge in [-0.2, -0.15) is 5.10 Å². The van der Waals surface area contributed by atoms with Crippen LogP contribution in [-0.2, 0) is 11.8 Å². The standard InChI is InChI=1S/C11H17N3O2/c1-13-6-4-10(12-13)9-3-2-5-14(7-9)8-11(15)16/h4,6,9H,2-3,5,7-8H2,1H3,(H,15,16)/t9-/m1/s1. The Morgan fingerprint density at radius 1 is 1.69 bits per heavy atom. The van der Waals surface area contributed by atoms with E-state index in [4.69, 9.17) is 5.11 Å². The molecule has 1 fully saturated rings. The van der Waals surface area contributed by atoms with Gasteiger partial charge >= 0.3 is 5.97 Å². The number of aliphatic carboxylic acids is 1. The molecule has 0 amide bonds. The third-order valence-corrected chi connectivity index (χ3v) is 3.02. The Morgan fingerprint density at radius 2 is 2.50 bits per heavy atom. The van der Waals surface area contributed by atoms with Crippen molar-refractivity contribution >= 4 is 5.97 Å². The van der Waals surface area contributed by atoms with Crippen molar-refractivity contribution in [3.63, 3.8) is 0 Å². The molecule has 5 heteroatoms. The quantitative estimate of drug-likeness (QED) is 0.818. The lowest BCUT2D eigenvalue weighted by atomic mass is 9.95. The summed E-state index contributed by atoms with van der Waals surface area (Å²) >= 11 is 0. The van der Waals surface area contributed by atoms with E-state index in [1.807, 2.05) is 24.2 Å². The van der Waals surface area contributed by atoms with E-state index in [1.165, 1.54) is 0 Å². The van der Waals surface area contributed by atoms with Crippen LogP contribution in [0.5, 0.6) is 0 Å². The van der Waals surface area contributed by atoms with Crippen LogP contribution in [0.15, 0.2) is 12.3 Å². The predicted octanol–water partition coefficient (Wildman–Crippen LogP) is 0.684. The Hall–Kier alpha value is -1.36. The summed E-state index contributed by atoms with van der Waals surface area (Å²) in [5.41, 5.74) is 1.08. The van der Waals surface area contributed by atoms with Gasteiger partial charge in [0.15, 0.2) is 0 Å². The molecule has 0 saturated carbocycles. The first kappa shape index (κ1) is 11.1. The Kier molecular flexibility index (Phi) is 3.24. The number of aryl methyl sites for hydroxylation is 1. The Labute approximate surface area is 94.7 Å². The maximum Gasteiger partial charge on any atom is 0.317 e. The van der Waals surface area contributed by atoms with Gasteiger partial charge in [-0.1, -0.05) is 0 Å². The molecule has 1 aromatic heterocycles. The van der Waals surface area contributed by atoms with Gasteiger partial charge in [0.2, 0.25) is 0 Å². The van der Waals surface area contributed by atoms with Gasteiger partial charge < -0.3 is 5.11 Å². The smallest absolute Gasteiger partial charge is 0.317 e. The lowest BCUT2D eigenvalue weighted by Crippen LogP contribution is -2.38. The molecule has 1 atom stereocenters. The minimum absolute atomic E-state index is 0.142. The van der Waals surface area contributed by atoms with Crippen LogP contribution >= 0.6 is 0 Å². The number of aromatic nitrogens is 2. The number of rotatable bonds is 3. The van der Waals surface area contributed by atoms with E-state index in [2.05, 4.69) is 5.10 Å². The van der Waals surface area contributed by atoms with E-state index < -0.39 is 5.97 Å². The van der Waals surface area contributed by atoms with Gasteiger partial charge in [-0.05, 0) is 25.5 Å². The second kappa shape index (κ2) is 4.65. The monoisotopic (exact) mass is 223 g/mol. The zero-order valence-corrected chi connectivity index (χ0v) is 9.46. The first-order valence-corrected chi connectivity index (χ1v) is 5.59. The highest BCUT2D eigenvalue weighted by molar-refractivity contribution is 5.69. The van der Waals surface area contributed by atoms with Crippen molar-refractivity contribution < 1.29 is 9.90 Å². The van der Waals surface area contributed by atoms with Gasteiger partial charge in [-0.15, -0.1) is 0 Å². The normalized spacial score (nSPS) is 22.2. The molecule has 2 heterocycles. The Balaban J connectivity index is 1.99. The lowest BCUT2D eigenvalue weighted by Gasteiger charge is -2.30. The maximum atomic E-state index is 10.7. The number of carboxylic acids is 1. The average Bonchev–Trinajstić information content (AvgIpc) is 2.64. The molecule has 0 bridgehead atoms. The van der Waals surface area contributed by atoms with Crippen molar-refractivity contribution in [1.82, 2.24) is 14.7 Å². The van der Waals surface area contributed by atoms with Crippen molar-refractivity contribution in [3.05, 3.63) is 18.0 Å². The summed E-state index contributed by atoms with van der Waals surface area (Å²) in [6.45, 7) is 1.84. The minimum Gasteiger partial charge on any atom is -0.480 e. The minimum atomic E-state index is -0.748. The topological polar surface area (TPSA) is 58.4 Å². The fourth-order valence-corrected chi connectivity index (χ4v) is 2.28. The van der Waals surface area contributed by atoms with Gasteiger partial charge in [-0.3, -0.25) is 14.4 Å². The number of likely N-dealkylation sites (tertiary alicyclic amines) is 1. The molecule has 5 nitrogen and oxygen atoms in total. The van der Waals surface area contributed by atoms with Crippen LogP contribution in [0, 0.1) is 0 Å². The highest BCUT2D eigenvalue weighted by atomic mass is 16.4. The number of hydrogen-bond acceptors (Lipinski definition) is 3. The van der Waals surface area contributed by atoms with Crippen molar-refractivity contribution in [1.29, 1.82) is 0 Å². The van der Waals surface area contributed by atoms with Gasteiger partial charge in [0.1, 0.15) is 0 Å². The number of piperidine rings is 1. The van der Waals surface area contributed by atoms with Gasteiger partial charge in [0.05, 0.1) is 12.2 Å². The molecule has 16 heavy (non-hydrogen) atoms. The first-order valence-electron chi connectivity index (χ1n) is 5.59. The number of carboxylic acid groups (broad SMARTS) is 1. The molecule has 88 valence electrons. The van der Waals surface area contributed by atoms with Crippen LogP contribution in [-0.4, -0.2) is 45.4 Å². The third kappa shape index (κ3) is 2.61. The average molecular weight is 223 g/mol. The van der Waals surface area contributed by atoms with E-state index in [-0.39, 0.29) is 6.54 Å². The maximum absolute atomic E-state index is 10.7. The second-order valence-electron chi connectivity index (χ2n) is 4.38. The third-order valence-electron chi connectivity index (χ3n) is 3.02. The summed E-state index contributed by atoms with van der Waals surface area (Å²) in [5, 5.41) is 13.2. The molecular weight excluding hydrogens is 206 g/mol. The lowest BCUT2D eigenvalue weighted by molar-refractivity contribution is -0.138. The van der Waals surface area contributed by atoms with E-state index in [1.54, 1.807) is 4.68 Å². The number of nitrogens with zero attached hydrogens (tertiary/aromatic N) is 3. The summed E-state index contributed by atoms with van der Waals surface area (Å²) < 4.78 is 1.80. The summed E-state index contributed by atoms with van der Waals surface area (Å²) in [6, 6.07) is 2.02. The molecule has 1 saturated heterocycles. The highest BCUT2D eigenvalue weighted by Gasteiger charge is 2.23. The molecule has 1 aromatic rings. The highest BCUT2D eigenvalue weighted by Crippen LogP contribution is 2.25. The number of carbonyl (C=O) groups is 1. The summed E-state index contributed by atoms with van der Waals surface area (Å²) in [7, 11) is 1.90. The predicted molar refractivity (Wildman–Crippen MR) is 59.3 cm³/mol. The van der Waals surface area contributed by atoms with E-state index >= 15 is 0 Å².